The van der Waals surface area contributed by atoms with Crippen LogP contribution in [0.2, 0.25) is 0 Å². The number of carbonyl (C=O) groups excluding carboxylic acids is 3. The number of fused-ring (bicyclic) bond motifs is 2. The average molecular weight is 459 g/mol. The van der Waals surface area contributed by atoms with Crippen molar-refractivity contribution in [2.45, 2.75) is 39.0 Å². The van der Waals surface area contributed by atoms with Gasteiger partial charge in [-0.25, -0.2) is 0 Å². The van der Waals surface area contributed by atoms with E-state index in [-0.39, 0.29) is 30.1 Å². The molecule has 3 unspecified atom stereocenters. The van der Waals surface area contributed by atoms with Crippen molar-refractivity contribution in [2.24, 2.45) is 17.8 Å². The second kappa shape index (κ2) is 9.98. The third-order valence-electron chi connectivity index (χ3n) is 6.65. The molecule has 172 valence electrons. The zero-order valence-corrected chi connectivity index (χ0v) is 19.4. The maximum atomic E-state index is 12.7. The Hall–Kier alpha value is -2.48. The Bertz CT molecular complexity index is 931. The quantitative estimate of drug-likeness (QED) is 0.562. The van der Waals surface area contributed by atoms with Crippen LogP contribution in [0, 0.1) is 17.8 Å². The summed E-state index contributed by atoms with van der Waals surface area (Å²) in [7, 11) is 1.56. The van der Waals surface area contributed by atoms with Crippen molar-refractivity contribution < 1.29 is 23.9 Å². The molecule has 0 aromatic heterocycles. The Balaban J connectivity index is 1.30. The summed E-state index contributed by atoms with van der Waals surface area (Å²) in [5, 5.41) is 2.57. The van der Waals surface area contributed by atoms with Crippen molar-refractivity contribution in [1.82, 2.24) is 10.2 Å². The van der Waals surface area contributed by atoms with Gasteiger partial charge in [0.2, 0.25) is 5.91 Å². The van der Waals surface area contributed by atoms with Crippen LogP contribution in [0.5, 0.6) is 11.5 Å². The molecule has 1 saturated heterocycles. The number of amides is 3. The van der Waals surface area contributed by atoms with Crippen LogP contribution in [-0.4, -0.2) is 48.8 Å². The van der Waals surface area contributed by atoms with E-state index in [0.29, 0.717) is 41.3 Å². The normalized spacial score (nSPS) is 25.6. The average Bonchev–Trinajstić information content (AvgIpc) is 3.46. The molecule has 3 amide bonds. The number of benzene rings is 1. The molecule has 7 nitrogen and oxygen atoms in total. The smallest absolute Gasteiger partial charge is 0.293 e. The highest BCUT2D eigenvalue weighted by Crippen LogP contribution is 2.49. The van der Waals surface area contributed by atoms with Gasteiger partial charge in [0.05, 0.1) is 18.6 Å². The maximum absolute atomic E-state index is 12.7. The minimum Gasteiger partial charge on any atom is -0.493 e. The monoisotopic (exact) mass is 458 g/mol. The molecule has 3 atom stereocenters. The summed E-state index contributed by atoms with van der Waals surface area (Å²) in [6.45, 7) is 2.87. The molecule has 1 aromatic rings. The first kappa shape index (κ1) is 22.7. The lowest BCUT2D eigenvalue weighted by molar-refractivity contribution is -0.124. The van der Waals surface area contributed by atoms with Gasteiger partial charge in [-0.15, -0.1) is 0 Å². The van der Waals surface area contributed by atoms with Crippen LogP contribution >= 0.6 is 11.8 Å². The molecule has 1 N–H and O–H groups in total. The molecular formula is C24H30N2O5S. The second-order valence-electron chi connectivity index (χ2n) is 8.67. The van der Waals surface area contributed by atoms with E-state index in [1.165, 1.54) is 30.6 Å². The summed E-state index contributed by atoms with van der Waals surface area (Å²) in [5.74, 6) is 2.90. The van der Waals surface area contributed by atoms with Crippen molar-refractivity contribution in [3.63, 3.8) is 0 Å². The highest BCUT2D eigenvalue weighted by atomic mass is 32.2. The first-order valence-corrected chi connectivity index (χ1v) is 12.1. The van der Waals surface area contributed by atoms with Gasteiger partial charge in [-0.1, -0.05) is 12.5 Å². The zero-order chi connectivity index (χ0) is 22.7. The Morgan fingerprint density at radius 1 is 1.25 bits per heavy atom. The number of rotatable bonds is 9. The molecule has 1 aromatic carbocycles. The second-order valence-corrected chi connectivity index (χ2v) is 9.66. The lowest BCUT2D eigenvalue weighted by atomic mass is 9.86. The van der Waals surface area contributed by atoms with Crippen molar-refractivity contribution in [3.8, 4) is 11.5 Å². The minimum atomic E-state index is -0.338. The molecule has 0 spiro atoms. The number of carbonyl (C=O) groups is 3. The van der Waals surface area contributed by atoms with Crippen molar-refractivity contribution in [1.29, 1.82) is 0 Å². The van der Waals surface area contributed by atoms with Crippen LogP contribution in [0.1, 0.15) is 44.6 Å². The van der Waals surface area contributed by atoms with Gasteiger partial charge in [0.1, 0.15) is 0 Å². The number of nitrogens with one attached hydrogen (secondary N) is 1. The largest absolute Gasteiger partial charge is 0.493 e. The fraction of sp³-hybridized carbons (Fsp3) is 0.542. The highest BCUT2D eigenvalue weighted by Gasteiger charge is 2.40. The van der Waals surface area contributed by atoms with Gasteiger partial charge >= 0.3 is 0 Å². The Kier molecular flexibility index (Phi) is 7.08. The fourth-order valence-electron chi connectivity index (χ4n) is 5.14. The molecule has 2 bridgehead atoms. The molecule has 3 aliphatic rings. The lowest BCUT2D eigenvalue weighted by Gasteiger charge is -2.21. The topological polar surface area (TPSA) is 84.9 Å². The molecular weight excluding hydrogens is 428 g/mol. The minimum absolute atomic E-state index is 0.0200. The number of hydrogen-bond donors (Lipinski definition) is 1. The number of methoxy groups -OCH3 is 1. The van der Waals surface area contributed by atoms with Gasteiger partial charge in [0, 0.05) is 19.5 Å². The number of nitrogens with zero attached hydrogens (tertiary/aromatic N) is 1. The van der Waals surface area contributed by atoms with Gasteiger partial charge in [-0.05, 0) is 79.5 Å². The van der Waals surface area contributed by atoms with E-state index in [1.807, 2.05) is 13.0 Å². The molecule has 3 fully saturated rings. The van der Waals surface area contributed by atoms with E-state index in [0.717, 1.165) is 23.2 Å². The molecule has 8 heteroatoms. The van der Waals surface area contributed by atoms with Crippen LogP contribution in [0.25, 0.3) is 6.08 Å². The summed E-state index contributed by atoms with van der Waals surface area (Å²) >= 11 is 0.911. The van der Waals surface area contributed by atoms with Gasteiger partial charge in [-0.3, -0.25) is 19.3 Å². The van der Waals surface area contributed by atoms with Crippen LogP contribution in [0.15, 0.2) is 23.1 Å². The van der Waals surface area contributed by atoms with E-state index in [4.69, 9.17) is 9.47 Å². The molecule has 0 radical (unpaired) electrons. The first-order chi connectivity index (χ1) is 15.5. The summed E-state index contributed by atoms with van der Waals surface area (Å²) < 4.78 is 10.9. The maximum Gasteiger partial charge on any atom is 0.293 e. The van der Waals surface area contributed by atoms with Crippen LogP contribution < -0.4 is 14.8 Å². The van der Waals surface area contributed by atoms with E-state index >= 15 is 0 Å². The van der Waals surface area contributed by atoms with Crippen molar-refractivity contribution in [3.05, 3.63) is 28.7 Å². The number of imide groups is 1. The summed E-state index contributed by atoms with van der Waals surface area (Å²) in [4.78, 5) is 39.0. The zero-order valence-electron chi connectivity index (χ0n) is 18.6. The lowest BCUT2D eigenvalue weighted by Crippen LogP contribution is -2.38. The third kappa shape index (κ3) is 4.95. The molecule has 1 heterocycles. The number of thioether (sulfide) groups is 1. The SMILES string of the molecule is CCOc1ccc(C=C2SC(=O)N(CCNC(=O)CC3CC4CCC3C4)C2=O)cc1OC. The predicted octanol–water partition coefficient (Wildman–Crippen LogP) is 4.07. The summed E-state index contributed by atoms with van der Waals surface area (Å²) in [6, 6.07) is 5.37. The van der Waals surface area contributed by atoms with Gasteiger partial charge < -0.3 is 14.8 Å². The van der Waals surface area contributed by atoms with E-state index in [9.17, 15) is 14.4 Å². The Labute approximate surface area is 192 Å². The van der Waals surface area contributed by atoms with Crippen molar-refractivity contribution in [2.75, 3.05) is 26.8 Å². The number of hydrogen-bond acceptors (Lipinski definition) is 6. The molecule has 32 heavy (non-hydrogen) atoms. The number of ether oxygens (including phenoxy) is 2. The highest BCUT2D eigenvalue weighted by molar-refractivity contribution is 8.18. The summed E-state index contributed by atoms with van der Waals surface area (Å²) in [5.41, 5.74) is 0.745. The fourth-order valence-corrected chi connectivity index (χ4v) is 6.00. The third-order valence-corrected chi connectivity index (χ3v) is 7.56. The van der Waals surface area contributed by atoms with Crippen LogP contribution in [0.4, 0.5) is 4.79 Å². The van der Waals surface area contributed by atoms with Crippen molar-refractivity contribution >= 4 is 34.9 Å². The Morgan fingerprint density at radius 3 is 2.78 bits per heavy atom. The Morgan fingerprint density at radius 2 is 2.09 bits per heavy atom. The van der Waals surface area contributed by atoms with Gasteiger partial charge in [0.25, 0.3) is 11.1 Å². The van der Waals surface area contributed by atoms with Crippen LogP contribution in [0.3, 0.4) is 0 Å². The van der Waals surface area contributed by atoms with E-state index in [1.54, 1.807) is 25.3 Å². The van der Waals surface area contributed by atoms with E-state index in [2.05, 4.69) is 5.32 Å². The molecule has 2 saturated carbocycles. The van der Waals surface area contributed by atoms with Gasteiger partial charge in [-0.2, -0.15) is 0 Å². The molecule has 1 aliphatic heterocycles. The summed E-state index contributed by atoms with van der Waals surface area (Å²) in [6.07, 6.45) is 7.26. The molecule has 4 rings (SSSR count). The van der Waals surface area contributed by atoms with Gasteiger partial charge in [0.15, 0.2) is 11.5 Å². The first-order valence-electron chi connectivity index (χ1n) is 11.3. The molecule has 2 aliphatic carbocycles. The van der Waals surface area contributed by atoms with E-state index < -0.39 is 0 Å². The standard InChI is InChI=1S/C24H30N2O5S/c1-3-31-19-7-5-16(12-20(19)30-2)13-21-23(28)26(24(29)32-21)9-8-25-22(27)14-18-11-15-4-6-17(18)10-15/h5,7,12-13,15,17-18H,3-4,6,8-11,14H2,1-2H3,(H,25,27). The predicted molar refractivity (Wildman–Crippen MR) is 123 cm³/mol. The van der Waals surface area contributed by atoms with Crippen LogP contribution in [-0.2, 0) is 9.59 Å².